The maximum atomic E-state index is 12.7. The molecule has 0 aliphatic carbocycles. The van der Waals surface area contributed by atoms with Crippen LogP contribution in [0.25, 0.3) is 0 Å². The van der Waals surface area contributed by atoms with Crippen molar-refractivity contribution >= 4 is 0 Å². The minimum absolute atomic E-state index is 0.168. The van der Waals surface area contributed by atoms with Crippen molar-refractivity contribution in [3.05, 3.63) is 35.6 Å². The molecule has 0 unspecified atom stereocenters. The highest BCUT2D eigenvalue weighted by atomic mass is 19.1. The Labute approximate surface area is 89.9 Å². The van der Waals surface area contributed by atoms with E-state index in [2.05, 4.69) is 10.6 Å². The lowest BCUT2D eigenvalue weighted by molar-refractivity contribution is 0.389. The van der Waals surface area contributed by atoms with Crippen LogP contribution in [0.5, 0.6) is 0 Å². The van der Waals surface area contributed by atoms with Gasteiger partial charge >= 0.3 is 0 Å². The average Bonchev–Trinajstić information content (AvgIpc) is 2.30. The number of piperidine rings is 1. The van der Waals surface area contributed by atoms with Crippen molar-refractivity contribution < 1.29 is 4.39 Å². The van der Waals surface area contributed by atoms with Gasteiger partial charge in [0.2, 0.25) is 0 Å². The summed E-state index contributed by atoms with van der Waals surface area (Å²) in [6, 6.07) is 7.24. The first-order valence-electron chi connectivity index (χ1n) is 5.53. The van der Waals surface area contributed by atoms with Crippen molar-refractivity contribution in [1.82, 2.24) is 10.6 Å². The molecule has 2 N–H and O–H groups in total. The van der Waals surface area contributed by atoms with E-state index >= 15 is 0 Å². The Morgan fingerprint density at radius 1 is 1.33 bits per heavy atom. The van der Waals surface area contributed by atoms with Crippen LogP contribution in [0.1, 0.15) is 18.4 Å². The van der Waals surface area contributed by atoms with Crippen LogP contribution in [0.3, 0.4) is 0 Å². The fraction of sp³-hybridized carbons (Fsp3) is 0.500. The van der Waals surface area contributed by atoms with Crippen LogP contribution in [0, 0.1) is 5.82 Å². The van der Waals surface area contributed by atoms with Crippen LogP contribution < -0.4 is 10.6 Å². The Hall–Kier alpha value is -0.930. The molecule has 0 bridgehead atoms. The molecular formula is C12H17FN2. The van der Waals surface area contributed by atoms with Gasteiger partial charge in [-0.05, 0) is 37.1 Å². The van der Waals surface area contributed by atoms with Crippen molar-refractivity contribution in [3.8, 4) is 0 Å². The summed E-state index contributed by atoms with van der Waals surface area (Å²) in [5, 5.41) is 6.83. The molecule has 0 amide bonds. The van der Waals surface area contributed by atoms with Crippen LogP contribution in [0.15, 0.2) is 24.3 Å². The molecule has 0 spiro atoms. The van der Waals surface area contributed by atoms with Crippen molar-refractivity contribution in [2.45, 2.75) is 25.4 Å². The topological polar surface area (TPSA) is 24.1 Å². The highest BCUT2D eigenvalue weighted by Crippen LogP contribution is 2.05. The van der Waals surface area contributed by atoms with Crippen LogP contribution in [0.4, 0.5) is 4.39 Å². The van der Waals surface area contributed by atoms with Gasteiger partial charge in [-0.25, -0.2) is 4.39 Å². The summed E-state index contributed by atoms with van der Waals surface area (Å²) in [6.07, 6.45) is 2.47. The summed E-state index contributed by atoms with van der Waals surface area (Å²) < 4.78 is 12.7. The lowest BCUT2D eigenvalue weighted by Crippen LogP contribution is -2.42. The fourth-order valence-corrected chi connectivity index (χ4v) is 1.89. The van der Waals surface area contributed by atoms with Crippen molar-refractivity contribution in [3.63, 3.8) is 0 Å². The van der Waals surface area contributed by atoms with Gasteiger partial charge in [0.1, 0.15) is 5.82 Å². The van der Waals surface area contributed by atoms with E-state index in [0.29, 0.717) is 6.04 Å². The van der Waals surface area contributed by atoms with Gasteiger partial charge in [-0.1, -0.05) is 12.1 Å². The maximum absolute atomic E-state index is 12.7. The predicted molar refractivity (Wildman–Crippen MR) is 59.1 cm³/mol. The number of halogens is 1. The molecule has 1 saturated heterocycles. The van der Waals surface area contributed by atoms with Crippen LogP contribution in [-0.2, 0) is 6.54 Å². The summed E-state index contributed by atoms with van der Waals surface area (Å²) in [4.78, 5) is 0. The predicted octanol–water partition coefficient (Wildman–Crippen LogP) is 1.67. The normalized spacial score (nSPS) is 21.5. The summed E-state index contributed by atoms with van der Waals surface area (Å²) in [6.45, 7) is 3.00. The van der Waals surface area contributed by atoms with Gasteiger partial charge in [-0.2, -0.15) is 0 Å². The highest BCUT2D eigenvalue weighted by Gasteiger charge is 2.11. The number of rotatable bonds is 3. The molecule has 2 rings (SSSR count). The standard InChI is InChI=1S/C12H17FN2/c13-11-5-3-10(4-6-11)8-15-12-2-1-7-14-9-12/h3-6,12,14-15H,1-2,7-9H2/t12-/m0/s1. The molecule has 0 saturated carbocycles. The van der Waals surface area contributed by atoms with E-state index < -0.39 is 0 Å². The van der Waals surface area contributed by atoms with Crippen molar-refractivity contribution in [2.24, 2.45) is 0 Å². The lowest BCUT2D eigenvalue weighted by atomic mass is 10.1. The largest absolute Gasteiger partial charge is 0.315 e. The number of benzene rings is 1. The van der Waals surface area contributed by atoms with E-state index in [9.17, 15) is 4.39 Å². The van der Waals surface area contributed by atoms with E-state index in [0.717, 1.165) is 25.2 Å². The first-order valence-corrected chi connectivity index (χ1v) is 5.53. The van der Waals surface area contributed by atoms with E-state index in [-0.39, 0.29) is 5.82 Å². The minimum Gasteiger partial charge on any atom is -0.315 e. The Morgan fingerprint density at radius 3 is 2.80 bits per heavy atom. The molecule has 15 heavy (non-hydrogen) atoms. The zero-order chi connectivity index (χ0) is 10.5. The Bertz CT molecular complexity index is 291. The van der Waals surface area contributed by atoms with Gasteiger partial charge in [-0.15, -0.1) is 0 Å². The lowest BCUT2D eigenvalue weighted by Gasteiger charge is -2.23. The van der Waals surface area contributed by atoms with Gasteiger partial charge < -0.3 is 10.6 Å². The molecule has 1 aromatic rings. The van der Waals surface area contributed by atoms with Crippen LogP contribution in [0.2, 0.25) is 0 Å². The SMILES string of the molecule is Fc1ccc(CN[C@H]2CCCNC2)cc1. The molecule has 1 fully saturated rings. The summed E-state index contributed by atoms with van der Waals surface area (Å²) in [5.74, 6) is -0.168. The van der Waals surface area contributed by atoms with E-state index in [1.807, 2.05) is 12.1 Å². The smallest absolute Gasteiger partial charge is 0.123 e. The Balaban J connectivity index is 1.79. The maximum Gasteiger partial charge on any atom is 0.123 e. The number of nitrogens with one attached hydrogen (secondary N) is 2. The van der Waals surface area contributed by atoms with E-state index in [4.69, 9.17) is 0 Å². The third-order valence-electron chi connectivity index (χ3n) is 2.80. The number of hydrogen-bond acceptors (Lipinski definition) is 2. The molecule has 1 heterocycles. The summed E-state index contributed by atoms with van der Waals surface area (Å²) in [7, 11) is 0. The van der Waals surface area contributed by atoms with E-state index in [1.54, 1.807) is 0 Å². The van der Waals surface area contributed by atoms with Gasteiger partial charge in [0.25, 0.3) is 0 Å². The first kappa shape index (κ1) is 10.6. The second-order valence-corrected chi connectivity index (χ2v) is 4.05. The molecule has 1 aromatic carbocycles. The second-order valence-electron chi connectivity index (χ2n) is 4.05. The molecule has 1 aliphatic heterocycles. The van der Waals surface area contributed by atoms with Gasteiger partial charge in [0.15, 0.2) is 0 Å². The van der Waals surface area contributed by atoms with Crippen molar-refractivity contribution in [2.75, 3.05) is 13.1 Å². The van der Waals surface area contributed by atoms with Crippen LogP contribution in [-0.4, -0.2) is 19.1 Å². The average molecular weight is 208 g/mol. The van der Waals surface area contributed by atoms with Gasteiger partial charge in [-0.3, -0.25) is 0 Å². The molecule has 2 nitrogen and oxygen atoms in total. The summed E-state index contributed by atoms with van der Waals surface area (Å²) in [5.41, 5.74) is 1.14. The molecule has 82 valence electrons. The zero-order valence-electron chi connectivity index (χ0n) is 8.80. The second kappa shape index (κ2) is 5.24. The monoisotopic (exact) mass is 208 g/mol. The molecule has 1 atom stereocenters. The molecular weight excluding hydrogens is 191 g/mol. The fourth-order valence-electron chi connectivity index (χ4n) is 1.89. The Kier molecular flexibility index (Phi) is 3.69. The van der Waals surface area contributed by atoms with Gasteiger partial charge in [0.05, 0.1) is 0 Å². The molecule has 0 radical (unpaired) electrons. The zero-order valence-corrected chi connectivity index (χ0v) is 8.80. The number of hydrogen-bond donors (Lipinski definition) is 2. The molecule has 1 aliphatic rings. The highest BCUT2D eigenvalue weighted by molar-refractivity contribution is 5.15. The molecule has 0 aromatic heterocycles. The summed E-state index contributed by atoms with van der Waals surface area (Å²) >= 11 is 0. The first-order chi connectivity index (χ1) is 7.34. The minimum atomic E-state index is -0.168. The van der Waals surface area contributed by atoms with E-state index in [1.165, 1.54) is 25.0 Å². The Morgan fingerprint density at radius 2 is 2.13 bits per heavy atom. The third kappa shape index (κ3) is 3.29. The molecule has 3 heteroatoms. The quantitative estimate of drug-likeness (QED) is 0.789. The van der Waals surface area contributed by atoms with Gasteiger partial charge in [0, 0.05) is 19.1 Å². The third-order valence-corrected chi connectivity index (χ3v) is 2.80. The van der Waals surface area contributed by atoms with Crippen LogP contribution >= 0.6 is 0 Å². The van der Waals surface area contributed by atoms with Crippen molar-refractivity contribution in [1.29, 1.82) is 0 Å².